The molecule has 0 aliphatic carbocycles. The first-order valence-corrected chi connectivity index (χ1v) is 45.8. The zero-order chi connectivity index (χ0) is 78.0. The first-order valence-electron chi connectivity index (χ1n) is 42.8. The minimum atomic E-state index is -4.93. The molecule has 0 amide bonds. The lowest BCUT2D eigenvalue weighted by atomic mass is 10.0. The normalized spacial score (nSPS) is 14.5. The van der Waals surface area contributed by atoms with E-state index in [0.717, 1.165) is 154 Å². The summed E-state index contributed by atoms with van der Waals surface area (Å²) in [7, 11) is -9.79. The Kier molecular flexibility index (Phi) is 78.4. The minimum absolute atomic E-state index is 0.0910. The third kappa shape index (κ3) is 82.7. The number of carbonyl (C=O) groups is 3. The molecule has 0 aliphatic rings. The van der Waals surface area contributed by atoms with Crippen LogP contribution >= 0.6 is 15.6 Å². The van der Waals surface area contributed by atoms with Crippen LogP contribution in [0.25, 0.3) is 0 Å². The van der Waals surface area contributed by atoms with Crippen molar-refractivity contribution < 1.29 is 75.8 Å². The van der Waals surface area contributed by atoms with Crippen LogP contribution in [0, 0.1) is 0 Å². The molecule has 0 aromatic carbocycles. The minimum Gasteiger partial charge on any atom is -0.463 e. The molecule has 107 heavy (non-hydrogen) atoms. The molecule has 18 heteroatoms. The topological polar surface area (TPSA) is 231 Å². The van der Waals surface area contributed by atoms with Crippen molar-refractivity contribution in [3.05, 3.63) is 122 Å². The lowest BCUT2D eigenvalue weighted by Crippen LogP contribution is -2.30. The van der Waals surface area contributed by atoms with Crippen LogP contribution in [0.15, 0.2) is 122 Å². The highest BCUT2D eigenvalue weighted by Gasteiger charge is 2.29. The molecule has 0 aromatic rings. The van der Waals surface area contributed by atoms with Gasteiger partial charge in [-0.05, 0) is 135 Å². The molecule has 4 N–H and O–H groups in total. The fourth-order valence-electron chi connectivity index (χ4n) is 11.6. The van der Waals surface area contributed by atoms with E-state index in [9.17, 15) is 43.5 Å². The smallest absolute Gasteiger partial charge is 0.463 e. The van der Waals surface area contributed by atoms with E-state index in [0.29, 0.717) is 19.3 Å². The van der Waals surface area contributed by atoms with Crippen LogP contribution in [-0.4, -0.2) is 95.9 Å². The maximum atomic E-state index is 13.0. The summed E-state index contributed by atoms with van der Waals surface area (Å²) < 4.78 is 61.2. The monoisotopic (exact) mass is 1540 g/mol. The Labute approximate surface area is 653 Å². The quantitative estimate of drug-likeness (QED) is 0.0146. The van der Waals surface area contributed by atoms with Gasteiger partial charge >= 0.3 is 33.6 Å². The van der Waals surface area contributed by atoms with Gasteiger partial charge in [0, 0.05) is 19.3 Å². The molecule has 0 saturated carbocycles. The van der Waals surface area contributed by atoms with Gasteiger partial charge in [0.15, 0.2) is 6.10 Å². The molecule has 5 atom stereocenters. The van der Waals surface area contributed by atoms with Gasteiger partial charge in [-0.2, -0.15) is 0 Å². The van der Waals surface area contributed by atoms with Crippen LogP contribution in [0.5, 0.6) is 0 Å². The average molecular weight is 1540 g/mol. The van der Waals surface area contributed by atoms with Gasteiger partial charge in [-0.1, -0.05) is 335 Å². The number of aliphatic hydroxyl groups is 2. The number of hydrogen-bond donors (Lipinski definition) is 4. The Bertz CT molecular complexity index is 2430. The summed E-state index contributed by atoms with van der Waals surface area (Å²) in [5.74, 6) is -1.59. The lowest BCUT2D eigenvalue weighted by Gasteiger charge is -2.21. The van der Waals surface area contributed by atoms with Gasteiger partial charge in [-0.15, -0.1) is 0 Å². The van der Waals surface area contributed by atoms with Crippen molar-refractivity contribution in [2.24, 2.45) is 0 Å². The number of allylic oxidation sites excluding steroid dienone is 20. The Morgan fingerprint density at radius 3 is 0.813 bits per heavy atom. The Balaban J connectivity index is 4.38. The van der Waals surface area contributed by atoms with Crippen molar-refractivity contribution in [1.29, 1.82) is 0 Å². The van der Waals surface area contributed by atoms with Gasteiger partial charge in [0.1, 0.15) is 25.4 Å². The van der Waals surface area contributed by atoms with Gasteiger partial charge in [-0.3, -0.25) is 32.5 Å². The van der Waals surface area contributed by atoms with E-state index in [1.54, 1.807) is 0 Å². The predicted octanol–water partition coefficient (Wildman–Crippen LogP) is 25.7. The molecule has 0 bridgehead atoms. The summed E-state index contributed by atoms with van der Waals surface area (Å²) in [4.78, 5) is 58.7. The van der Waals surface area contributed by atoms with Gasteiger partial charge in [0.2, 0.25) is 0 Å². The Morgan fingerprint density at radius 2 is 0.495 bits per heavy atom. The zero-order valence-electron chi connectivity index (χ0n) is 67.8. The highest BCUT2D eigenvalue weighted by atomic mass is 31.2. The van der Waals surface area contributed by atoms with Crippen LogP contribution < -0.4 is 0 Å². The fourth-order valence-corrected chi connectivity index (χ4v) is 13.2. The number of phosphoric acid groups is 2. The van der Waals surface area contributed by atoms with Gasteiger partial charge < -0.3 is 34.2 Å². The van der Waals surface area contributed by atoms with Crippen LogP contribution in [0.1, 0.15) is 367 Å². The standard InChI is InChI=1S/C89H156O16P2/c1-4-7-10-13-16-19-22-25-27-29-31-33-35-36-37-38-39-40-41-42-43-44-45-46-48-50-51-53-55-58-60-63-66-69-72-75-87(92)99-78-84(90)79-101-106(95,96)102-80-85(91)81-103-107(97,98)104-83-86(105-89(94)77-74-71-68-65-62-57-24-21-18-15-12-9-6-3)82-100-88(93)76-73-70-67-64-61-59-56-54-52-49-47-34-32-30-28-26-23-20-17-14-11-8-5-2/h8,11,16-17,19-21,24-28,31-34,36-37,49,52,84-86,90-91H,4-7,9-10,12-15,18,22-23,29-30,35,38-48,50-51,53-83H2,1-3H3,(H,95,96)(H,97,98)/b11-8-,19-16-,20-17-,24-21-,27-25-,28-26-,33-31-,34-32-,37-36-,52-49-. The van der Waals surface area contributed by atoms with Gasteiger partial charge in [-0.25, -0.2) is 9.13 Å². The number of unbranched alkanes of at least 4 members (excludes halogenated alkanes) is 38. The number of esters is 3. The third-order valence-corrected chi connectivity index (χ3v) is 20.0. The Hall–Kier alpha value is -4.05. The van der Waals surface area contributed by atoms with E-state index in [1.807, 2.05) is 0 Å². The van der Waals surface area contributed by atoms with Crippen molar-refractivity contribution >= 4 is 33.6 Å². The van der Waals surface area contributed by atoms with E-state index in [4.69, 9.17) is 32.3 Å². The molecule has 0 heterocycles. The molecule has 0 radical (unpaired) electrons. The summed E-state index contributed by atoms with van der Waals surface area (Å²) in [5, 5.41) is 20.7. The molecule has 5 unspecified atom stereocenters. The largest absolute Gasteiger partial charge is 0.472 e. The van der Waals surface area contributed by atoms with E-state index >= 15 is 0 Å². The van der Waals surface area contributed by atoms with Crippen LogP contribution in [0.4, 0.5) is 0 Å². The maximum Gasteiger partial charge on any atom is 0.472 e. The molecular weight excluding hydrogens is 1390 g/mol. The highest BCUT2D eigenvalue weighted by Crippen LogP contribution is 2.45. The van der Waals surface area contributed by atoms with Crippen molar-refractivity contribution in [1.82, 2.24) is 0 Å². The maximum absolute atomic E-state index is 13.0. The van der Waals surface area contributed by atoms with E-state index in [1.165, 1.54) is 154 Å². The summed E-state index contributed by atoms with van der Waals surface area (Å²) >= 11 is 0. The Morgan fingerprint density at radius 1 is 0.271 bits per heavy atom. The summed E-state index contributed by atoms with van der Waals surface area (Å²) in [5.41, 5.74) is 0. The van der Waals surface area contributed by atoms with Gasteiger partial charge in [0.25, 0.3) is 0 Å². The van der Waals surface area contributed by atoms with Crippen molar-refractivity contribution in [2.75, 3.05) is 39.6 Å². The molecule has 618 valence electrons. The van der Waals surface area contributed by atoms with Gasteiger partial charge in [0.05, 0.1) is 26.4 Å². The molecule has 16 nitrogen and oxygen atoms in total. The third-order valence-electron chi connectivity index (χ3n) is 18.1. The van der Waals surface area contributed by atoms with Crippen molar-refractivity contribution in [3.8, 4) is 0 Å². The van der Waals surface area contributed by atoms with Crippen LogP contribution in [0.2, 0.25) is 0 Å². The first kappa shape index (κ1) is 103. The van der Waals surface area contributed by atoms with E-state index < -0.39 is 91.5 Å². The SMILES string of the molecule is CC/C=C\C/C=C\C/C=C\C/C=C\C/C=C\CCCCCCCCCC(=O)OCC(COP(=O)(O)OCC(O)COP(=O)(O)OCC(O)COC(=O)CCCCCCCCCCCCCCCCCCCCC/C=C\C/C=C\C/C=C\C/C=C\CCCCC)OC(=O)CCCCCCC/C=C\CCCCCC. The van der Waals surface area contributed by atoms with Crippen LogP contribution in [-0.2, 0) is 55.8 Å². The molecule has 0 aliphatic heterocycles. The number of aliphatic hydroxyl groups excluding tert-OH is 2. The fraction of sp³-hybridized carbons (Fsp3) is 0.742. The second kappa shape index (κ2) is 81.4. The van der Waals surface area contributed by atoms with E-state index in [2.05, 4.69) is 142 Å². The molecule has 0 spiro atoms. The second-order valence-corrected chi connectivity index (χ2v) is 31.5. The van der Waals surface area contributed by atoms with Crippen molar-refractivity contribution in [3.63, 3.8) is 0 Å². The van der Waals surface area contributed by atoms with Crippen molar-refractivity contribution in [2.45, 2.75) is 386 Å². The molecule has 0 fully saturated rings. The number of ether oxygens (including phenoxy) is 3. The second-order valence-electron chi connectivity index (χ2n) is 28.6. The van der Waals surface area contributed by atoms with E-state index in [-0.39, 0.29) is 19.3 Å². The lowest BCUT2D eigenvalue weighted by molar-refractivity contribution is -0.161. The first-order chi connectivity index (χ1) is 52.2. The number of rotatable bonds is 81. The number of phosphoric ester groups is 2. The molecule has 0 saturated heterocycles. The molecule has 0 rings (SSSR count). The molecular formula is C89H156O16P2. The summed E-state index contributed by atoms with van der Waals surface area (Å²) in [6.07, 6.45) is 98.4. The highest BCUT2D eigenvalue weighted by molar-refractivity contribution is 7.47. The number of carbonyl (C=O) groups excluding carboxylic acids is 3. The summed E-state index contributed by atoms with van der Waals surface area (Å²) in [6, 6.07) is 0. The summed E-state index contributed by atoms with van der Waals surface area (Å²) in [6.45, 7) is 2.54. The molecule has 0 aromatic heterocycles. The predicted molar refractivity (Wildman–Crippen MR) is 445 cm³/mol. The zero-order valence-corrected chi connectivity index (χ0v) is 69.6. The number of hydrogen-bond acceptors (Lipinski definition) is 14. The average Bonchev–Trinajstić information content (AvgIpc) is 0.914. The van der Waals surface area contributed by atoms with Crippen LogP contribution in [0.3, 0.4) is 0 Å².